The van der Waals surface area contributed by atoms with E-state index in [1.165, 1.54) is 38.5 Å². The Balaban J connectivity index is 1.65. The summed E-state index contributed by atoms with van der Waals surface area (Å²) < 4.78 is 28.7. The van der Waals surface area contributed by atoms with Crippen molar-refractivity contribution in [1.29, 1.82) is 0 Å². The molecule has 1 aliphatic carbocycles. The van der Waals surface area contributed by atoms with Gasteiger partial charge in [-0.3, -0.25) is 0 Å². The third kappa shape index (κ3) is 5.85. The highest BCUT2D eigenvalue weighted by Crippen LogP contribution is 2.18. The van der Waals surface area contributed by atoms with E-state index >= 15 is 0 Å². The van der Waals surface area contributed by atoms with Gasteiger partial charge >= 0.3 is 0 Å². The van der Waals surface area contributed by atoms with E-state index in [4.69, 9.17) is 0 Å². The van der Waals surface area contributed by atoms with Crippen LogP contribution in [0, 0.1) is 5.92 Å². The maximum Gasteiger partial charge on any atom is 0.279 e. The van der Waals surface area contributed by atoms with Crippen LogP contribution >= 0.6 is 0 Å². The van der Waals surface area contributed by atoms with Crippen molar-refractivity contribution in [2.75, 3.05) is 26.2 Å². The van der Waals surface area contributed by atoms with Crippen molar-refractivity contribution in [2.45, 2.75) is 64.3 Å². The molecular weight excluding hydrogens is 286 g/mol. The van der Waals surface area contributed by atoms with Crippen LogP contribution in [0.15, 0.2) is 0 Å². The van der Waals surface area contributed by atoms with Gasteiger partial charge in [0.2, 0.25) is 0 Å². The van der Waals surface area contributed by atoms with Crippen LogP contribution in [0.3, 0.4) is 0 Å². The number of hydrogen-bond acceptors (Lipinski definition) is 3. The second kappa shape index (κ2) is 8.46. The molecule has 124 valence electrons. The molecule has 5 nitrogen and oxygen atoms in total. The molecule has 1 saturated heterocycles. The van der Waals surface area contributed by atoms with Gasteiger partial charge in [-0.05, 0) is 31.6 Å². The van der Waals surface area contributed by atoms with E-state index in [1.807, 2.05) is 0 Å². The molecule has 2 fully saturated rings. The van der Waals surface area contributed by atoms with Gasteiger partial charge in [-0.15, -0.1) is 0 Å². The summed E-state index contributed by atoms with van der Waals surface area (Å²) in [5.74, 6) is 0.647. The summed E-state index contributed by atoms with van der Waals surface area (Å²) in [5.41, 5.74) is 0. The minimum Gasteiger partial charge on any atom is -0.313 e. The Morgan fingerprint density at radius 3 is 2.19 bits per heavy atom. The van der Waals surface area contributed by atoms with Crippen LogP contribution < -0.4 is 10.0 Å². The molecule has 0 radical (unpaired) electrons. The number of nitrogens with one attached hydrogen (secondary N) is 2. The Labute approximate surface area is 130 Å². The summed E-state index contributed by atoms with van der Waals surface area (Å²) in [4.78, 5) is 0. The lowest BCUT2D eigenvalue weighted by Crippen LogP contribution is -2.46. The molecule has 2 aliphatic rings. The molecule has 1 saturated carbocycles. The van der Waals surface area contributed by atoms with Gasteiger partial charge in [0, 0.05) is 32.2 Å². The van der Waals surface area contributed by atoms with Crippen LogP contribution in [-0.2, 0) is 10.2 Å². The zero-order valence-corrected chi connectivity index (χ0v) is 14.1. The second-order valence-electron chi connectivity index (χ2n) is 6.62. The number of nitrogens with zero attached hydrogens (tertiary/aromatic N) is 1. The van der Waals surface area contributed by atoms with Crippen molar-refractivity contribution in [3.05, 3.63) is 0 Å². The van der Waals surface area contributed by atoms with Gasteiger partial charge in [0.1, 0.15) is 0 Å². The standard InChI is InChI=1S/C15H31N3O2S/c1-14-8-12-18(13-9-14)21(19,20)17-11-10-16-15-6-4-2-3-5-7-15/h14-17H,2-13H2,1H3. The van der Waals surface area contributed by atoms with Crippen molar-refractivity contribution in [3.8, 4) is 0 Å². The normalized spacial score (nSPS) is 24.0. The van der Waals surface area contributed by atoms with E-state index in [2.05, 4.69) is 17.0 Å². The van der Waals surface area contributed by atoms with E-state index < -0.39 is 10.2 Å². The van der Waals surface area contributed by atoms with Crippen LogP contribution in [0.1, 0.15) is 58.3 Å². The lowest BCUT2D eigenvalue weighted by molar-refractivity contribution is 0.285. The van der Waals surface area contributed by atoms with Gasteiger partial charge in [0.25, 0.3) is 10.2 Å². The second-order valence-corrected chi connectivity index (χ2v) is 8.38. The number of hydrogen-bond donors (Lipinski definition) is 2. The van der Waals surface area contributed by atoms with E-state index in [9.17, 15) is 8.42 Å². The molecule has 0 bridgehead atoms. The molecule has 0 aromatic heterocycles. The van der Waals surface area contributed by atoms with Crippen molar-refractivity contribution in [2.24, 2.45) is 5.92 Å². The zero-order valence-electron chi connectivity index (χ0n) is 13.3. The molecule has 0 spiro atoms. The fraction of sp³-hybridized carbons (Fsp3) is 1.00. The van der Waals surface area contributed by atoms with Gasteiger partial charge in [0.15, 0.2) is 0 Å². The van der Waals surface area contributed by atoms with Gasteiger partial charge in [0.05, 0.1) is 0 Å². The molecule has 2 N–H and O–H groups in total. The van der Waals surface area contributed by atoms with Crippen molar-refractivity contribution in [1.82, 2.24) is 14.3 Å². The lowest BCUT2D eigenvalue weighted by atomic mass is 10.0. The maximum absolute atomic E-state index is 12.2. The lowest BCUT2D eigenvalue weighted by Gasteiger charge is -2.29. The molecular formula is C15H31N3O2S. The van der Waals surface area contributed by atoms with Crippen molar-refractivity contribution in [3.63, 3.8) is 0 Å². The Kier molecular flexibility index (Phi) is 6.92. The number of piperidine rings is 1. The summed E-state index contributed by atoms with van der Waals surface area (Å²) in [5, 5.41) is 3.50. The van der Waals surface area contributed by atoms with Crippen molar-refractivity contribution < 1.29 is 8.42 Å². The fourth-order valence-corrected chi connectivity index (χ4v) is 4.49. The van der Waals surface area contributed by atoms with E-state index in [0.29, 0.717) is 31.6 Å². The maximum atomic E-state index is 12.2. The third-order valence-electron chi connectivity index (χ3n) is 4.78. The SMILES string of the molecule is CC1CCN(S(=O)(=O)NCCNC2CCCCCC2)CC1. The molecule has 21 heavy (non-hydrogen) atoms. The first-order chi connectivity index (χ1) is 10.1. The van der Waals surface area contributed by atoms with Crippen LogP contribution in [0.2, 0.25) is 0 Å². The minimum atomic E-state index is -3.27. The first-order valence-electron chi connectivity index (χ1n) is 8.56. The zero-order chi connectivity index (χ0) is 15.1. The topological polar surface area (TPSA) is 61.4 Å². The van der Waals surface area contributed by atoms with Crippen LogP contribution in [-0.4, -0.2) is 44.9 Å². The Hall–Kier alpha value is -0.170. The smallest absolute Gasteiger partial charge is 0.279 e. The Morgan fingerprint density at radius 1 is 0.952 bits per heavy atom. The highest BCUT2D eigenvalue weighted by atomic mass is 32.2. The Bertz CT molecular complexity index is 384. The summed E-state index contributed by atoms with van der Waals surface area (Å²) >= 11 is 0. The third-order valence-corrected chi connectivity index (χ3v) is 6.39. The Morgan fingerprint density at radius 2 is 1.57 bits per heavy atom. The quantitative estimate of drug-likeness (QED) is 0.581. The van der Waals surface area contributed by atoms with Gasteiger partial charge in [-0.2, -0.15) is 12.7 Å². The molecule has 1 aliphatic heterocycles. The highest BCUT2D eigenvalue weighted by Gasteiger charge is 2.25. The van der Waals surface area contributed by atoms with Gasteiger partial charge in [-0.25, -0.2) is 4.72 Å². The highest BCUT2D eigenvalue weighted by molar-refractivity contribution is 7.87. The molecule has 2 rings (SSSR count). The molecule has 6 heteroatoms. The average molecular weight is 317 g/mol. The minimum absolute atomic E-state index is 0.491. The molecule has 0 aromatic carbocycles. The predicted molar refractivity (Wildman–Crippen MR) is 86.4 cm³/mol. The molecule has 1 heterocycles. The van der Waals surface area contributed by atoms with E-state index in [1.54, 1.807) is 4.31 Å². The van der Waals surface area contributed by atoms with Crippen molar-refractivity contribution >= 4 is 10.2 Å². The largest absolute Gasteiger partial charge is 0.313 e. The fourth-order valence-electron chi connectivity index (χ4n) is 3.26. The van der Waals surface area contributed by atoms with Crippen LogP contribution in [0.4, 0.5) is 0 Å². The van der Waals surface area contributed by atoms with E-state index in [0.717, 1.165) is 19.4 Å². The summed E-state index contributed by atoms with van der Waals surface area (Å²) in [6.07, 6.45) is 9.71. The monoisotopic (exact) mass is 317 g/mol. The summed E-state index contributed by atoms with van der Waals surface area (Å²) in [6, 6.07) is 0.577. The molecule has 0 amide bonds. The first-order valence-corrected chi connectivity index (χ1v) is 10.00. The van der Waals surface area contributed by atoms with Crippen LogP contribution in [0.5, 0.6) is 0 Å². The van der Waals surface area contributed by atoms with E-state index in [-0.39, 0.29) is 0 Å². The average Bonchev–Trinajstić information content (AvgIpc) is 2.73. The molecule has 0 atom stereocenters. The summed E-state index contributed by atoms with van der Waals surface area (Å²) in [6.45, 7) is 4.73. The molecule has 0 aromatic rings. The first kappa shape index (κ1) is 17.2. The molecule has 0 unspecified atom stereocenters. The van der Waals surface area contributed by atoms with Gasteiger partial charge in [-0.1, -0.05) is 32.6 Å². The number of rotatable bonds is 6. The predicted octanol–water partition coefficient (Wildman–Crippen LogP) is 1.87. The van der Waals surface area contributed by atoms with Gasteiger partial charge < -0.3 is 5.32 Å². The summed E-state index contributed by atoms with van der Waals surface area (Å²) in [7, 11) is -3.27. The van der Waals surface area contributed by atoms with Crippen LogP contribution in [0.25, 0.3) is 0 Å².